The lowest BCUT2D eigenvalue weighted by molar-refractivity contribution is -0.130. The van der Waals surface area contributed by atoms with Crippen LogP contribution in [0.4, 0.5) is 4.39 Å². The first-order valence-corrected chi connectivity index (χ1v) is 9.05. The van der Waals surface area contributed by atoms with E-state index in [0.29, 0.717) is 16.3 Å². The monoisotopic (exact) mass is 399 g/mol. The van der Waals surface area contributed by atoms with Crippen molar-refractivity contribution >= 4 is 27.8 Å². The lowest BCUT2D eigenvalue weighted by Gasteiger charge is -2.35. The molecule has 1 saturated carbocycles. The van der Waals surface area contributed by atoms with E-state index < -0.39 is 17.9 Å². The van der Waals surface area contributed by atoms with Crippen LogP contribution in [0.3, 0.4) is 0 Å². The van der Waals surface area contributed by atoms with E-state index in [1.165, 1.54) is 25.5 Å². The molecule has 1 aromatic rings. The molecule has 0 aliphatic heterocycles. The highest BCUT2D eigenvalue weighted by molar-refractivity contribution is 9.10. The number of hydrogen-bond donors (Lipinski definition) is 1. The number of esters is 1. The maximum absolute atomic E-state index is 13.3. The first-order chi connectivity index (χ1) is 11.3. The second-order valence-corrected chi connectivity index (χ2v) is 7.41. The minimum absolute atomic E-state index is 0.0642. The predicted octanol–water partition coefficient (Wildman–Crippen LogP) is 4.07. The van der Waals surface area contributed by atoms with E-state index in [2.05, 4.69) is 35.1 Å². The van der Waals surface area contributed by atoms with Gasteiger partial charge in [0.15, 0.2) is 6.10 Å². The van der Waals surface area contributed by atoms with E-state index in [4.69, 9.17) is 4.74 Å². The van der Waals surface area contributed by atoms with E-state index in [1.807, 2.05) is 0 Å². The third-order valence-corrected chi connectivity index (χ3v) is 5.53. The fourth-order valence-electron chi connectivity index (χ4n) is 3.02. The normalized spacial score (nSPS) is 25.0. The molecule has 0 unspecified atom stereocenters. The number of halogens is 2. The zero-order chi connectivity index (χ0) is 17.9. The fourth-order valence-corrected chi connectivity index (χ4v) is 3.43. The maximum Gasteiger partial charge on any atom is 0.340 e. The lowest BCUT2D eigenvalue weighted by Crippen LogP contribution is -2.47. The number of carbonyl (C=O) groups excluding carboxylic acids is 2. The number of ether oxygens (including phenoxy) is 1. The smallest absolute Gasteiger partial charge is 0.340 e. The molecule has 1 aliphatic carbocycles. The Labute approximate surface area is 150 Å². The Morgan fingerprint density at radius 2 is 2.04 bits per heavy atom. The minimum Gasteiger partial charge on any atom is -0.449 e. The van der Waals surface area contributed by atoms with Gasteiger partial charge in [-0.2, -0.15) is 0 Å². The molecule has 2 rings (SSSR count). The molecule has 0 radical (unpaired) electrons. The molecule has 1 amide bonds. The van der Waals surface area contributed by atoms with Crippen LogP contribution in [0.2, 0.25) is 0 Å². The van der Waals surface area contributed by atoms with Gasteiger partial charge >= 0.3 is 5.97 Å². The Kier molecular flexibility index (Phi) is 6.38. The average molecular weight is 400 g/mol. The number of rotatable bonds is 4. The summed E-state index contributed by atoms with van der Waals surface area (Å²) in [5.41, 5.74) is 0.0642. The average Bonchev–Trinajstić information content (AvgIpc) is 2.53. The third kappa shape index (κ3) is 4.56. The van der Waals surface area contributed by atoms with Crippen LogP contribution in [-0.2, 0) is 9.53 Å². The summed E-state index contributed by atoms with van der Waals surface area (Å²) in [4.78, 5) is 24.5. The van der Waals surface area contributed by atoms with Gasteiger partial charge in [0.05, 0.1) is 5.56 Å². The summed E-state index contributed by atoms with van der Waals surface area (Å²) in [6.07, 6.45) is 2.26. The fraction of sp³-hybridized carbons (Fsp3) is 0.556. The van der Waals surface area contributed by atoms with Crippen molar-refractivity contribution in [2.45, 2.75) is 52.2 Å². The van der Waals surface area contributed by atoms with Gasteiger partial charge < -0.3 is 10.1 Å². The molecule has 0 aromatic heterocycles. The van der Waals surface area contributed by atoms with Crippen LogP contribution in [0, 0.1) is 17.7 Å². The molecule has 1 aliphatic rings. The van der Waals surface area contributed by atoms with Gasteiger partial charge in [-0.1, -0.05) is 26.7 Å². The molecule has 0 bridgehead atoms. The lowest BCUT2D eigenvalue weighted by atomic mass is 9.78. The highest BCUT2D eigenvalue weighted by Crippen LogP contribution is 2.29. The number of hydrogen-bond acceptors (Lipinski definition) is 3. The molecule has 1 N–H and O–H groups in total. The van der Waals surface area contributed by atoms with Gasteiger partial charge in [0, 0.05) is 10.5 Å². The molecule has 1 fully saturated rings. The van der Waals surface area contributed by atoms with Gasteiger partial charge in [0.1, 0.15) is 5.82 Å². The van der Waals surface area contributed by atoms with Gasteiger partial charge in [-0.05, 0) is 59.3 Å². The Morgan fingerprint density at radius 1 is 1.33 bits per heavy atom. The zero-order valence-corrected chi connectivity index (χ0v) is 15.7. The van der Waals surface area contributed by atoms with Crippen LogP contribution >= 0.6 is 15.9 Å². The Morgan fingerprint density at radius 3 is 2.75 bits per heavy atom. The van der Waals surface area contributed by atoms with Crippen LogP contribution in [0.5, 0.6) is 0 Å². The maximum atomic E-state index is 13.3. The highest BCUT2D eigenvalue weighted by Gasteiger charge is 2.30. The summed E-state index contributed by atoms with van der Waals surface area (Å²) in [5.74, 6) is -0.628. The number of benzene rings is 1. The quantitative estimate of drug-likeness (QED) is 0.776. The second-order valence-electron chi connectivity index (χ2n) is 6.55. The first kappa shape index (κ1) is 18.9. The number of nitrogens with one attached hydrogen (secondary N) is 1. The Balaban J connectivity index is 1.96. The standard InChI is InChI=1S/C18H23BrFNO3/c1-10-5-4-6-16(11(10)2)21-17(22)12(3)24-18(23)14-9-13(20)7-8-15(14)19/h7-12,16H,4-6H2,1-3H3,(H,21,22)/t10-,11-,12-,16-/m1/s1. The molecule has 1 aromatic carbocycles. The Hall–Kier alpha value is -1.43. The van der Waals surface area contributed by atoms with Crippen molar-refractivity contribution in [3.05, 3.63) is 34.1 Å². The number of carbonyl (C=O) groups is 2. The summed E-state index contributed by atoms with van der Waals surface area (Å²) in [6.45, 7) is 5.85. The van der Waals surface area contributed by atoms with E-state index in [9.17, 15) is 14.0 Å². The third-order valence-electron chi connectivity index (χ3n) is 4.84. The van der Waals surface area contributed by atoms with E-state index in [1.54, 1.807) is 0 Å². The van der Waals surface area contributed by atoms with Gasteiger partial charge in [0.2, 0.25) is 0 Å². The minimum atomic E-state index is -0.933. The van der Waals surface area contributed by atoms with Crippen molar-refractivity contribution in [3.63, 3.8) is 0 Å². The van der Waals surface area contributed by atoms with Gasteiger partial charge in [-0.25, -0.2) is 9.18 Å². The van der Waals surface area contributed by atoms with Gasteiger partial charge in [0.25, 0.3) is 5.91 Å². The van der Waals surface area contributed by atoms with Crippen molar-refractivity contribution in [3.8, 4) is 0 Å². The molecular weight excluding hydrogens is 377 g/mol. The molecule has 0 heterocycles. The van der Waals surface area contributed by atoms with Crippen molar-refractivity contribution in [2.24, 2.45) is 11.8 Å². The van der Waals surface area contributed by atoms with E-state index in [-0.39, 0.29) is 17.5 Å². The van der Waals surface area contributed by atoms with Crippen molar-refractivity contribution < 1.29 is 18.7 Å². The van der Waals surface area contributed by atoms with Crippen molar-refractivity contribution in [1.29, 1.82) is 0 Å². The van der Waals surface area contributed by atoms with Crippen molar-refractivity contribution in [1.82, 2.24) is 5.32 Å². The molecule has 24 heavy (non-hydrogen) atoms. The largest absolute Gasteiger partial charge is 0.449 e. The topological polar surface area (TPSA) is 55.4 Å². The second kappa shape index (κ2) is 8.10. The van der Waals surface area contributed by atoms with Crippen molar-refractivity contribution in [2.75, 3.05) is 0 Å². The summed E-state index contributed by atoms with van der Waals surface area (Å²) in [7, 11) is 0. The van der Waals surface area contributed by atoms with Crippen LogP contribution in [-0.4, -0.2) is 24.0 Å². The Bertz CT molecular complexity index is 622. The van der Waals surface area contributed by atoms with Crippen LogP contribution in [0.25, 0.3) is 0 Å². The summed E-state index contributed by atoms with van der Waals surface area (Å²) >= 11 is 3.18. The first-order valence-electron chi connectivity index (χ1n) is 8.26. The van der Waals surface area contributed by atoms with Gasteiger partial charge in [-0.3, -0.25) is 4.79 Å². The summed E-state index contributed by atoms with van der Waals surface area (Å²) < 4.78 is 18.9. The predicted molar refractivity (Wildman–Crippen MR) is 93.1 cm³/mol. The SMILES string of the molecule is C[C@@H]1[C@H](C)CCC[C@H]1NC(=O)[C@@H](C)OC(=O)c1cc(F)ccc1Br. The summed E-state index contributed by atoms with van der Waals surface area (Å²) in [6, 6.07) is 3.86. The number of amides is 1. The van der Waals surface area contributed by atoms with E-state index >= 15 is 0 Å². The summed E-state index contributed by atoms with van der Waals surface area (Å²) in [5, 5.41) is 2.98. The zero-order valence-electron chi connectivity index (χ0n) is 14.1. The van der Waals surface area contributed by atoms with E-state index in [0.717, 1.165) is 18.9 Å². The molecule has 132 valence electrons. The molecule has 0 saturated heterocycles. The van der Waals surface area contributed by atoms with Crippen LogP contribution < -0.4 is 5.32 Å². The molecule has 4 atom stereocenters. The molecular formula is C18H23BrFNO3. The van der Waals surface area contributed by atoms with Crippen LogP contribution in [0.15, 0.2) is 22.7 Å². The highest BCUT2D eigenvalue weighted by atomic mass is 79.9. The molecule has 6 heteroatoms. The van der Waals surface area contributed by atoms with Gasteiger partial charge in [-0.15, -0.1) is 0 Å². The van der Waals surface area contributed by atoms with Crippen LogP contribution in [0.1, 0.15) is 50.4 Å². The molecule has 0 spiro atoms. The molecule has 4 nitrogen and oxygen atoms in total.